The quantitative estimate of drug-likeness (QED) is 0.871. The minimum atomic E-state index is -0.136. The van der Waals surface area contributed by atoms with Crippen LogP contribution in [0.25, 0.3) is 10.9 Å². The predicted molar refractivity (Wildman–Crippen MR) is 107 cm³/mol. The lowest BCUT2D eigenvalue weighted by molar-refractivity contribution is -0.129. The van der Waals surface area contributed by atoms with Gasteiger partial charge in [0.05, 0.1) is 29.3 Å². The van der Waals surface area contributed by atoms with Crippen LogP contribution in [0.15, 0.2) is 30.5 Å². The number of nitriles is 1. The number of anilines is 1. The molecule has 4 rings (SSSR count). The summed E-state index contributed by atoms with van der Waals surface area (Å²) in [5.41, 5.74) is 2.40. The van der Waals surface area contributed by atoms with Gasteiger partial charge in [0.15, 0.2) is 0 Å². The highest BCUT2D eigenvalue weighted by Crippen LogP contribution is 2.30. The van der Waals surface area contributed by atoms with Crippen LogP contribution in [-0.2, 0) is 9.53 Å². The second-order valence-corrected chi connectivity index (χ2v) is 7.58. The van der Waals surface area contributed by atoms with Gasteiger partial charge in [-0.15, -0.1) is 0 Å². The van der Waals surface area contributed by atoms with Gasteiger partial charge in [0.2, 0.25) is 5.91 Å². The zero-order valence-corrected chi connectivity index (χ0v) is 16.3. The number of amides is 1. The van der Waals surface area contributed by atoms with E-state index in [4.69, 9.17) is 4.74 Å². The van der Waals surface area contributed by atoms with E-state index in [0.717, 1.165) is 42.8 Å². The van der Waals surface area contributed by atoms with Crippen molar-refractivity contribution < 1.29 is 9.53 Å². The smallest absolute Gasteiger partial charge is 0.237 e. The summed E-state index contributed by atoms with van der Waals surface area (Å²) in [4.78, 5) is 20.9. The lowest BCUT2D eigenvalue weighted by atomic mass is 10.1. The van der Waals surface area contributed by atoms with Crippen molar-refractivity contribution in [3.05, 3.63) is 36.0 Å². The molecule has 3 atom stereocenters. The summed E-state index contributed by atoms with van der Waals surface area (Å²) in [5.74, 6) is 0.0797. The highest BCUT2D eigenvalue weighted by molar-refractivity contribution is 5.95. The predicted octanol–water partition coefficient (Wildman–Crippen LogP) is 1.52. The van der Waals surface area contributed by atoms with Crippen molar-refractivity contribution in [2.24, 2.45) is 0 Å². The number of aromatic nitrogens is 1. The number of pyridine rings is 1. The molecule has 1 amide bonds. The maximum atomic E-state index is 12.0. The zero-order valence-electron chi connectivity index (χ0n) is 16.3. The molecule has 146 valence electrons. The number of carbonyl (C=O) groups is 1. The third-order valence-electron chi connectivity index (χ3n) is 5.60. The van der Waals surface area contributed by atoms with Crippen LogP contribution in [0.2, 0.25) is 0 Å². The lowest BCUT2D eigenvalue weighted by Crippen LogP contribution is -2.58. The Hall–Kier alpha value is -2.69. The van der Waals surface area contributed by atoms with Gasteiger partial charge in [0.25, 0.3) is 0 Å². The first kappa shape index (κ1) is 18.7. The number of carbonyl (C=O) groups excluding carboxylic acids is 1. The fraction of sp³-hybridized carbons (Fsp3) is 0.476. The molecule has 0 spiro atoms. The highest BCUT2D eigenvalue weighted by atomic mass is 16.5. The molecule has 0 radical (unpaired) electrons. The van der Waals surface area contributed by atoms with Gasteiger partial charge in [-0.05, 0) is 38.1 Å². The van der Waals surface area contributed by atoms with Crippen LogP contribution >= 0.6 is 0 Å². The Balaban J connectivity index is 1.58. The Morgan fingerprint density at radius 3 is 3.00 bits per heavy atom. The minimum absolute atomic E-state index is 0.0134. The van der Waals surface area contributed by atoms with E-state index in [1.807, 2.05) is 31.2 Å². The number of nitrogens with one attached hydrogen (secondary N) is 1. The molecule has 28 heavy (non-hydrogen) atoms. The average Bonchev–Trinajstić information content (AvgIpc) is 2.70. The van der Waals surface area contributed by atoms with Crippen molar-refractivity contribution in [2.45, 2.75) is 32.1 Å². The second-order valence-electron chi connectivity index (χ2n) is 7.58. The topological polar surface area (TPSA) is 81.5 Å². The summed E-state index contributed by atoms with van der Waals surface area (Å²) in [6.45, 7) is 7.79. The van der Waals surface area contributed by atoms with E-state index in [2.05, 4.69) is 33.1 Å². The van der Waals surface area contributed by atoms with E-state index in [-0.39, 0.29) is 24.2 Å². The van der Waals surface area contributed by atoms with Crippen LogP contribution < -0.4 is 10.2 Å². The Labute approximate surface area is 164 Å². The molecule has 2 fully saturated rings. The normalized spacial score (nSPS) is 26.1. The van der Waals surface area contributed by atoms with Gasteiger partial charge in [0.1, 0.15) is 6.07 Å². The Kier molecular flexibility index (Phi) is 5.16. The zero-order chi connectivity index (χ0) is 19.7. The van der Waals surface area contributed by atoms with E-state index in [0.29, 0.717) is 12.1 Å². The molecule has 2 saturated heterocycles. The van der Waals surface area contributed by atoms with Crippen LogP contribution in [0.3, 0.4) is 0 Å². The first-order chi connectivity index (χ1) is 13.6. The third kappa shape index (κ3) is 3.53. The fourth-order valence-corrected chi connectivity index (χ4v) is 4.21. The molecule has 1 aromatic carbocycles. The summed E-state index contributed by atoms with van der Waals surface area (Å²) < 4.78 is 6.20. The molecule has 2 aliphatic heterocycles. The number of hydrogen-bond donors (Lipinski definition) is 1. The molecular formula is C21H25N5O2. The van der Waals surface area contributed by atoms with E-state index in [1.165, 1.54) is 0 Å². The maximum Gasteiger partial charge on any atom is 0.237 e. The van der Waals surface area contributed by atoms with Gasteiger partial charge in [-0.3, -0.25) is 14.7 Å². The molecule has 7 nitrogen and oxygen atoms in total. The van der Waals surface area contributed by atoms with Crippen LogP contribution in [0, 0.1) is 11.3 Å². The molecule has 1 N–H and O–H groups in total. The first-order valence-corrected chi connectivity index (χ1v) is 9.77. The number of fused-ring (bicyclic) bond motifs is 1. The number of nitrogens with zero attached hydrogens (tertiary/aromatic N) is 4. The molecule has 1 aromatic heterocycles. The molecule has 3 heterocycles. The summed E-state index contributed by atoms with van der Waals surface area (Å²) >= 11 is 0. The van der Waals surface area contributed by atoms with E-state index in [1.54, 1.807) is 6.20 Å². The molecule has 0 unspecified atom stereocenters. The summed E-state index contributed by atoms with van der Waals surface area (Å²) in [7, 11) is 0. The SMILES string of the molecule is C[C@@H]1CN(c2ccc(C#N)c3ncccc23)C[C@H](CN2CCNC(=O)[C@@H]2C)O1. The number of ether oxygens (including phenoxy) is 1. The maximum absolute atomic E-state index is 12.0. The molecule has 0 saturated carbocycles. The van der Waals surface area contributed by atoms with E-state index in [9.17, 15) is 10.1 Å². The fourth-order valence-electron chi connectivity index (χ4n) is 4.21. The van der Waals surface area contributed by atoms with Crippen molar-refractivity contribution >= 4 is 22.5 Å². The minimum Gasteiger partial charge on any atom is -0.370 e. The second kappa shape index (κ2) is 7.74. The number of benzene rings is 1. The van der Waals surface area contributed by atoms with Gasteiger partial charge in [-0.2, -0.15) is 5.26 Å². The summed E-state index contributed by atoms with van der Waals surface area (Å²) in [5, 5.41) is 13.3. The van der Waals surface area contributed by atoms with Crippen LogP contribution in [0.5, 0.6) is 0 Å². The Morgan fingerprint density at radius 1 is 1.32 bits per heavy atom. The standard InChI is InChI=1S/C21H25N5O2/c1-14-11-26(13-17(28-14)12-25-9-8-24-21(27)15(25)2)19-6-5-16(10-22)20-18(19)4-3-7-23-20/h3-7,14-15,17H,8-9,11-13H2,1-2H3,(H,24,27)/t14-,15+,17+/m1/s1. The van der Waals surface area contributed by atoms with E-state index >= 15 is 0 Å². The highest BCUT2D eigenvalue weighted by Gasteiger charge is 2.32. The Morgan fingerprint density at radius 2 is 2.18 bits per heavy atom. The summed E-state index contributed by atoms with van der Waals surface area (Å²) in [6.07, 6.45) is 1.81. The molecule has 2 aromatic rings. The van der Waals surface area contributed by atoms with Crippen LogP contribution in [0.4, 0.5) is 5.69 Å². The van der Waals surface area contributed by atoms with Crippen molar-refractivity contribution in [3.8, 4) is 6.07 Å². The van der Waals surface area contributed by atoms with Crippen molar-refractivity contribution in [3.63, 3.8) is 0 Å². The van der Waals surface area contributed by atoms with Gasteiger partial charge in [-0.1, -0.05) is 0 Å². The van der Waals surface area contributed by atoms with Gasteiger partial charge >= 0.3 is 0 Å². The molecule has 2 aliphatic rings. The van der Waals surface area contributed by atoms with Gasteiger partial charge in [-0.25, -0.2) is 0 Å². The van der Waals surface area contributed by atoms with Gasteiger partial charge in [0, 0.05) is 50.0 Å². The number of piperazine rings is 1. The van der Waals surface area contributed by atoms with Gasteiger partial charge < -0.3 is 15.0 Å². The van der Waals surface area contributed by atoms with E-state index < -0.39 is 0 Å². The number of morpholine rings is 1. The monoisotopic (exact) mass is 379 g/mol. The van der Waals surface area contributed by atoms with Crippen molar-refractivity contribution in [1.29, 1.82) is 5.26 Å². The van der Waals surface area contributed by atoms with Crippen LogP contribution in [0.1, 0.15) is 19.4 Å². The summed E-state index contributed by atoms with van der Waals surface area (Å²) in [6, 6.07) is 9.87. The third-order valence-corrected chi connectivity index (χ3v) is 5.60. The number of rotatable bonds is 3. The molecule has 7 heteroatoms. The molecular weight excluding hydrogens is 354 g/mol. The average molecular weight is 379 g/mol. The number of hydrogen-bond acceptors (Lipinski definition) is 6. The molecule has 0 aliphatic carbocycles. The largest absolute Gasteiger partial charge is 0.370 e. The Bertz CT molecular complexity index is 925. The lowest BCUT2D eigenvalue weighted by Gasteiger charge is -2.42. The van der Waals surface area contributed by atoms with Crippen LogP contribution in [-0.4, -0.2) is 66.8 Å². The first-order valence-electron chi connectivity index (χ1n) is 9.77. The molecule has 0 bridgehead atoms. The van der Waals surface area contributed by atoms with Crippen molar-refractivity contribution in [1.82, 2.24) is 15.2 Å². The van der Waals surface area contributed by atoms with Crippen molar-refractivity contribution in [2.75, 3.05) is 37.6 Å².